The molecule has 1 amide bonds. The van der Waals surface area contributed by atoms with Crippen molar-refractivity contribution in [3.8, 4) is 5.75 Å². The van der Waals surface area contributed by atoms with Crippen molar-refractivity contribution in [3.63, 3.8) is 0 Å². The zero-order chi connectivity index (χ0) is 23.7. The molecular formula is C24H20F2N4O3S. The standard InChI is InChI=1S/C24H20F2N4O3S/c1-32-16-10-8-15(9-11-16)18-13-20(21-7-4-12-33-21)30(28-18)22(31)14-34-24-27-17-5-2-3-6-19(17)29(24)23(25)26/h2-12,20,23H,13-14H2,1H3. The number of benzene rings is 2. The fraction of sp³-hybridized carbons (Fsp3) is 0.208. The van der Waals surface area contributed by atoms with Gasteiger partial charge in [0.2, 0.25) is 0 Å². The molecule has 1 aliphatic heterocycles. The number of nitrogens with zero attached hydrogens (tertiary/aromatic N) is 4. The molecule has 4 aromatic rings. The molecule has 5 rings (SSSR count). The Labute approximate surface area is 198 Å². The van der Waals surface area contributed by atoms with Crippen molar-refractivity contribution in [3.05, 3.63) is 78.3 Å². The summed E-state index contributed by atoms with van der Waals surface area (Å²) in [5, 5.41) is 6.03. The minimum Gasteiger partial charge on any atom is -0.497 e. The molecule has 0 bridgehead atoms. The van der Waals surface area contributed by atoms with Gasteiger partial charge in [-0.1, -0.05) is 23.9 Å². The molecule has 10 heteroatoms. The van der Waals surface area contributed by atoms with Crippen molar-refractivity contribution in [2.24, 2.45) is 5.10 Å². The number of halogens is 2. The lowest BCUT2D eigenvalue weighted by molar-refractivity contribution is -0.130. The van der Waals surface area contributed by atoms with Crippen LogP contribution in [0.25, 0.3) is 11.0 Å². The van der Waals surface area contributed by atoms with Crippen molar-refractivity contribution in [2.75, 3.05) is 12.9 Å². The summed E-state index contributed by atoms with van der Waals surface area (Å²) in [7, 11) is 1.59. The Kier molecular flexibility index (Phi) is 6.06. The first-order chi connectivity index (χ1) is 16.5. The zero-order valence-corrected chi connectivity index (χ0v) is 18.9. The summed E-state index contributed by atoms with van der Waals surface area (Å²) in [6.07, 6.45) is 2.01. The Morgan fingerprint density at radius 2 is 1.97 bits per heavy atom. The van der Waals surface area contributed by atoms with Crippen LogP contribution in [0.5, 0.6) is 5.75 Å². The van der Waals surface area contributed by atoms with Crippen molar-refractivity contribution in [1.82, 2.24) is 14.6 Å². The third-order valence-electron chi connectivity index (χ3n) is 5.54. The number of carbonyl (C=O) groups is 1. The van der Waals surface area contributed by atoms with Gasteiger partial charge in [0, 0.05) is 6.42 Å². The number of amides is 1. The summed E-state index contributed by atoms with van der Waals surface area (Å²) in [5.74, 6) is 0.886. The average Bonchev–Trinajstić information content (AvgIpc) is 3.60. The number of rotatable bonds is 7. The van der Waals surface area contributed by atoms with Crippen LogP contribution in [0.3, 0.4) is 0 Å². The number of ether oxygens (including phenoxy) is 1. The van der Waals surface area contributed by atoms with Crippen molar-refractivity contribution in [2.45, 2.75) is 24.2 Å². The Morgan fingerprint density at radius 1 is 1.18 bits per heavy atom. The number of fused-ring (bicyclic) bond motifs is 1. The second-order valence-electron chi connectivity index (χ2n) is 7.57. The second kappa shape index (κ2) is 9.30. The number of hydrazone groups is 1. The van der Waals surface area contributed by atoms with E-state index in [2.05, 4.69) is 10.1 Å². The largest absolute Gasteiger partial charge is 0.497 e. The summed E-state index contributed by atoms with van der Waals surface area (Å²) in [4.78, 5) is 17.5. The van der Waals surface area contributed by atoms with Gasteiger partial charge in [-0.25, -0.2) is 9.99 Å². The smallest absolute Gasteiger partial charge is 0.321 e. The van der Waals surface area contributed by atoms with Crippen molar-refractivity contribution in [1.29, 1.82) is 0 Å². The predicted octanol–water partition coefficient (Wildman–Crippen LogP) is 5.50. The highest BCUT2D eigenvalue weighted by molar-refractivity contribution is 7.99. The molecule has 34 heavy (non-hydrogen) atoms. The molecule has 0 radical (unpaired) electrons. The average molecular weight is 483 g/mol. The highest BCUT2D eigenvalue weighted by Crippen LogP contribution is 2.35. The predicted molar refractivity (Wildman–Crippen MR) is 124 cm³/mol. The van der Waals surface area contributed by atoms with E-state index in [1.807, 2.05) is 24.3 Å². The van der Waals surface area contributed by atoms with Gasteiger partial charge in [-0.3, -0.25) is 9.36 Å². The molecule has 0 saturated heterocycles. The zero-order valence-electron chi connectivity index (χ0n) is 18.1. The van der Waals surface area contributed by atoms with E-state index in [4.69, 9.17) is 9.15 Å². The summed E-state index contributed by atoms with van der Waals surface area (Å²) < 4.78 is 39.1. The number of carbonyl (C=O) groups excluding carboxylic acids is 1. The van der Waals surface area contributed by atoms with E-state index in [-0.39, 0.29) is 16.8 Å². The van der Waals surface area contributed by atoms with Crippen LogP contribution in [0.4, 0.5) is 8.78 Å². The van der Waals surface area contributed by atoms with Crippen LogP contribution in [-0.4, -0.2) is 39.0 Å². The van der Waals surface area contributed by atoms with Gasteiger partial charge in [-0.2, -0.15) is 13.9 Å². The monoisotopic (exact) mass is 482 g/mol. The van der Waals surface area contributed by atoms with Crippen LogP contribution >= 0.6 is 11.8 Å². The molecule has 174 valence electrons. The van der Waals surface area contributed by atoms with Gasteiger partial charge in [0.15, 0.2) is 5.16 Å². The summed E-state index contributed by atoms with van der Waals surface area (Å²) >= 11 is 0.962. The van der Waals surface area contributed by atoms with Gasteiger partial charge < -0.3 is 9.15 Å². The molecule has 2 aromatic heterocycles. The molecule has 7 nitrogen and oxygen atoms in total. The van der Waals surface area contributed by atoms with Gasteiger partial charge in [-0.15, -0.1) is 0 Å². The van der Waals surface area contributed by atoms with E-state index in [9.17, 15) is 13.6 Å². The summed E-state index contributed by atoms with van der Waals surface area (Å²) in [6.45, 7) is -2.77. The second-order valence-corrected chi connectivity index (χ2v) is 8.51. The Bertz CT molecular complexity index is 1340. The maximum Gasteiger partial charge on any atom is 0.321 e. The van der Waals surface area contributed by atoms with E-state index < -0.39 is 12.6 Å². The van der Waals surface area contributed by atoms with Crippen molar-refractivity contribution >= 4 is 34.4 Å². The fourth-order valence-electron chi connectivity index (χ4n) is 3.91. The first-order valence-electron chi connectivity index (χ1n) is 10.5. The number of furan rings is 1. The maximum absolute atomic E-state index is 13.7. The van der Waals surface area contributed by atoms with Crippen LogP contribution in [0, 0.1) is 0 Å². The van der Waals surface area contributed by atoms with E-state index in [0.29, 0.717) is 23.2 Å². The third kappa shape index (κ3) is 4.16. The minimum absolute atomic E-state index is 0.0812. The number of para-hydroxylation sites is 2. The number of imidazole rings is 1. The lowest BCUT2D eigenvalue weighted by atomic mass is 10.0. The highest BCUT2D eigenvalue weighted by atomic mass is 32.2. The highest BCUT2D eigenvalue weighted by Gasteiger charge is 2.35. The van der Waals surface area contributed by atoms with E-state index in [1.165, 1.54) is 5.01 Å². The Balaban J connectivity index is 1.40. The van der Waals surface area contributed by atoms with Crippen LogP contribution in [-0.2, 0) is 4.79 Å². The van der Waals surface area contributed by atoms with Crippen molar-refractivity contribution < 1.29 is 22.7 Å². The molecule has 0 fully saturated rings. The molecular weight excluding hydrogens is 462 g/mol. The van der Waals surface area contributed by atoms with Crippen LogP contribution in [0.1, 0.15) is 30.3 Å². The molecule has 0 spiro atoms. The molecule has 1 unspecified atom stereocenters. The molecule has 2 aromatic carbocycles. The number of hydrogen-bond donors (Lipinski definition) is 0. The molecule has 1 atom stereocenters. The van der Waals surface area contributed by atoms with Gasteiger partial charge in [0.25, 0.3) is 5.91 Å². The topological polar surface area (TPSA) is 72.9 Å². The first kappa shape index (κ1) is 22.1. The Hall–Kier alpha value is -3.66. The molecule has 0 aliphatic carbocycles. The number of methoxy groups -OCH3 is 1. The quantitative estimate of drug-likeness (QED) is 0.325. The van der Waals surface area contributed by atoms with Crippen LogP contribution < -0.4 is 4.74 Å². The number of aromatic nitrogens is 2. The lowest BCUT2D eigenvalue weighted by Gasteiger charge is -2.19. The van der Waals surface area contributed by atoms with Gasteiger partial charge in [0.05, 0.1) is 35.9 Å². The maximum atomic E-state index is 13.7. The summed E-state index contributed by atoms with van der Waals surface area (Å²) in [5.41, 5.74) is 2.36. The number of hydrogen-bond acceptors (Lipinski definition) is 6. The van der Waals surface area contributed by atoms with Crippen LogP contribution in [0.2, 0.25) is 0 Å². The molecule has 3 heterocycles. The van der Waals surface area contributed by atoms with E-state index in [1.54, 1.807) is 49.8 Å². The fourth-order valence-corrected chi connectivity index (χ4v) is 4.77. The normalized spacial score (nSPS) is 15.8. The third-order valence-corrected chi connectivity index (χ3v) is 6.48. The van der Waals surface area contributed by atoms with Gasteiger partial charge in [-0.05, 0) is 54.1 Å². The van der Waals surface area contributed by atoms with E-state index in [0.717, 1.165) is 33.4 Å². The number of alkyl halides is 2. The minimum atomic E-state index is -2.77. The van der Waals surface area contributed by atoms with Crippen LogP contribution in [0.15, 0.2) is 81.6 Å². The molecule has 0 saturated carbocycles. The first-order valence-corrected chi connectivity index (χ1v) is 11.5. The van der Waals surface area contributed by atoms with Gasteiger partial charge in [0.1, 0.15) is 17.6 Å². The SMILES string of the molecule is COc1ccc(C2=NN(C(=O)CSc3nc4ccccc4n3C(F)F)C(c3ccco3)C2)cc1. The van der Waals surface area contributed by atoms with E-state index >= 15 is 0 Å². The Morgan fingerprint density at radius 3 is 2.68 bits per heavy atom. The molecule has 1 aliphatic rings. The molecule has 0 N–H and O–H groups in total. The summed E-state index contributed by atoms with van der Waals surface area (Å²) in [6, 6.07) is 17.2. The van der Waals surface area contributed by atoms with Gasteiger partial charge >= 0.3 is 6.55 Å². The lowest BCUT2D eigenvalue weighted by Crippen LogP contribution is -2.28. The number of thioether (sulfide) groups is 1.